The number of benzene rings is 3. The second-order valence-electron chi connectivity index (χ2n) is 7.20. The Labute approximate surface area is 156 Å². The molecule has 0 bridgehead atoms. The van der Waals surface area contributed by atoms with E-state index in [1.165, 1.54) is 43.4 Å². The van der Waals surface area contributed by atoms with Gasteiger partial charge in [0.25, 0.3) is 0 Å². The highest BCUT2D eigenvalue weighted by atomic mass is 79.9. The first-order valence-corrected chi connectivity index (χ1v) is 9.38. The standard InChI is InChI=1S/C23H18BrN/c1-23(2)20-17(12-8-13-18(20)24)22-21(23)16-11-6-7-14-19(16)25(22)15-9-4-3-5-10-15/h3-14H,1-2H3. The van der Waals surface area contributed by atoms with Crippen LogP contribution < -0.4 is 0 Å². The number of fused-ring (bicyclic) bond motifs is 5. The summed E-state index contributed by atoms with van der Waals surface area (Å²) in [4.78, 5) is 0. The van der Waals surface area contributed by atoms with Crippen LogP contribution in [0.5, 0.6) is 0 Å². The fraction of sp³-hybridized carbons (Fsp3) is 0.130. The first kappa shape index (κ1) is 15.0. The van der Waals surface area contributed by atoms with Crippen molar-refractivity contribution in [2.24, 2.45) is 0 Å². The van der Waals surface area contributed by atoms with Crippen molar-refractivity contribution in [3.05, 3.63) is 88.4 Å². The molecule has 0 atom stereocenters. The van der Waals surface area contributed by atoms with E-state index in [2.05, 4.69) is 107 Å². The van der Waals surface area contributed by atoms with E-state index in [-0.39, 0.29) is 5.41 Å². The first-order valence-electron chi connectivity index (χ1n) is 8.59. The van der Waals surface area contributed by atoms with E-state index >= 15 is 0 Å². The monoisotopic (exact) mass is 387 g/mol. The Kier molecular flexibility index (Phi) is 3.05. The molecule has 5 rings (SSSR count). The minimum atomic E-state index is -0.0373. The quantitative estimate of drug-likeness (QED) is 0.342. The third-order valence-corrected chi connectivity index (χ3v) is 6.07. The maximum Gasteiger partial charge on any atom is 0.0585 e. The number of hydrogen-bond donors (Lipinski definition) is 0. The molecule has 1 aromatic heterocycles. The van der Waals surface area contributed by atoms with Gasteiger partial charge in [0.2, 0.25) is 0 Å². The van der Waals surface area contributed by atoms with Crippen LogP contribution >= 0.6 is 15.9 Å². The molecule has 1 nitrogen and oxygen atoms in total. The summed E-state index contributed by atoms with van der Waals surface area (Å²) >= 11 is 3.80. The summed E-state index contributed by atoms with van der Waals surface area (Å²) in [7, 11) is 0. The predicted octanol–water partition coefficient (Wildman–Crippen LogP) is 6.70. The number of nitrogens with zero attached hydrogens (tertiary/aromatic N) is 1. The third kappa shape index (κ3) is 1.89. The lowest BCUT2D eigenvalue weighted by Gasteiger charge is -2.22. The van der Waals surface area contributed by atoms with Gasteiger partial charge in [0, 0.05) is 26.5 Å². The zero-order valence-electron chi connectivity index (χ0n) is 14.3. The summed E-state index contributed by atoms with van der Waals surface area (Å²) in [5, 5.41) is 1.34. The maximum atomic E-state index is 3.80. The Morgan fingerprint density at radius 3 is 2.28 bits per heavy atom. The van der Waals surface area contributed by atoms with Gasteiger partial charge in [0.05, 0.1) is 11.2 Å². The lowest BCUT2D eigenvalue weighted by molar-refractivity contribution is 0.663. The molecule has 2 heteroatoms. The highest BCUT2D eigenvalue weighted by Crippen LogP contribution is 2.55. The van der Waals surface area contributed by atoms with Crippen LogP contribution in [0.25, 0.3) is 27.8 Å². The molecule has 0 spiro atoms. The van der Waals surface area contributed by atoms with E-state index in [9.17, 15) is 0 Å². The van der Waals surface area contributed by atoms with Crippen LogP contribution in [0.4, 0.5) is 0 Å². The van der Waals surface area contributed by atoms with Crippen molar-refractivity contribution < 1.29 is 0 Å². The Morgan fingerprint density at radius 1 is 0.760 bits per heavy atom. The number of aromatic nitrogens is 1. The average Bonchev–Trinajstić information content (AvgIpc) is 3.08. The van der Waals surface area contributed by atoms with Gasteiger partial charge in [0.15, 0.2) is 0 Å². The summed E-state index contributed by atoms with van der Waals surface area (Å²) in [5.41, 5.74) is 7.91. The summed E-state index contributed by atoms with van der Waals surface area (Å²) in [5.74, 6) is 0. The second-order valence-corrected chi connectivity index (χ2v) is 8.05. The zero-order chi connectivity index (χ0) is 17.2. The van der Waals surface area contributed by atoms with Gasteiger partial charge in [-0.1, -0.05) is 78.3 Å². The highest BCUT2D eigenvalue weighted by molar-refractivity contribution is 9.10. The molecule has 0 unspecified atom stereocenters. The van der Waals surface area contributed by atoms with Crippen LogP contribution in [-0.4, -0.2) is 4.57 Å². The predicted molar refractivity (Wildman–Crippen MR) is 109 cm³/mol. The topological polar surface area (TPSA) is 4.93 Å². The van der Waals surface area contributed by atoms with Crippen molar-refractivity contribution in [2.75, 3.05) is 0 Å². The molecule has 0 radical (unpaired) electrons. The Hall–Kier alpha value is -2.32. The van der Waals surface area contributed by atoms with E-state index in [0.717, 1.165) is 0 Å². The van der Waals surface area contributed by atoms with E-state index in [4.69, 9.17) is 0 Å². The van der Waals surface area contributed by atoms with Gasteiger partial charge in [-0.2, -0.15) is 0 Å². The van der Waals surface area contributed by atoms with Crippen LogP contribution in [0.2, 0.25) is 0 Å². The van der Waals surface area contributed by atoms with Gasteiger partial charge in [-0.3, -0.25) is 0 Å². The number of hydrogen-bond acceptors (Lipinski definition) is 0. The summed E-state index contributed by atoms with van der Waals surface area (Å²) in [6.45, 7) is 4.68. The van der Waals surface area contributed by atoms with Gasteiger partial charge < -0.3 is 4.57 Å². The van der Waals surface area contributed by atoms with Gasteiger partial charge in [-0.25, -0.2) is 0 Å². The van der Waals surface area contributed by atoms with Crippen LogP contribution in [0.1, 0.15) is 25.0 Å². The van der Waals surface area contributed by atoms with Crippen molar-refractivity contribution in [3.63, 3.8) is 0 Å². The van der Waals surface area contributed by atoms with Crippen LogP contribution in [0.3, 0.4) is 0 Å². The molecule has 4 aromatic rings. The first-order chi connectivity index (χ1) is 12.1. The van der Waals surface area contributed by atoms with Gasteiger partial charge >= 0.3 is 0 Å². The van der Waals surface area contributed by atoms with Crippen LogP contribution in [0.15, 0.2) is 77.3 Å². The van der Waals surface area contributed by atoms with Crippen molar-refractivity contribution in [2.45, 2.75) is 19.3 Å². The van der Waals surface area contributed by atoms with Crippen molar-refractivity contribution in [1.82, 2.24) is 4.57 Å². The molecule has 0 N–H and O–H groups in total. The molecule has 0 saturated carbocycles. The third-order valence-electron chi connectivity index (χ3n) is 5.41. The SMILES string of the molecule is CC1(C)c2c(Br)cccc2-c2c1c1ccccc1n2-c1ccccc1. The summed E-state index contributed by atoms with van der Waals surface area (Å²) in [6.07, 6.45) is 0. The Bertz CT molecular complexity index is 1120. The zero-order valence-corrected chi connectivity index (χ0v) is 15.8. The normalized spacial score (nSPS) is 14.5. The molecule has 122 valence electrons. The minimum absolute atomic E-state index is 0.0373. The molecule has 3 aromatic carbocycles. The molecule has 1 aliphatic carbocycles. The molecule has 25 heavy (non-hydrogen) atoms. The smallest absolute Gasteiger partial charge is 0.0585 e. The van der Waals surface area contributed by atoms with Gasteiger partial charge in [-0.05, 0) is 35.4 Å². The maximum absolute atomic E-state index is 3.80. The fourth-order valence-electron chi connectivity index (χ4n) is 4.45. The Balaban J connectivity index is 2.02. The number of halogens is 1. The van der Waals surface area contributed by atoms with Crippen molar-refractivity contribution in [3.8, 4) is 16.9 Å². The summed E-state index contributed by atoms with van der Waals surface area (Å²) in [6, 6.07) is 26.0. The fourth-order valence-corrected chi connectivity index (χ4v) is 5.32. The second kappa shape index (κ2) is 5.09. The lowest BCUT2D eigenvalue weighted by atomic mass is 9.81. The summed E-state index contributed by atoms with van der Waals surface area (Å²) < 4.78 is 3.61. The van der Waals surface area contributed by atoms with E-state index in [0.29, 0.717) is 0 Å². The van der Waals surface area contributed by atoms with E-state index in [1.807, 2.05) is 0 Å². The van der Waals surface area contributed by atoms with Crippen LogP contribution in [-0.2, 0) is 5.41 Å². The average molecular weight is 388 g/mol. The molecule has 0 fully saturated rings. The molecule has 0 amide bonds. The van der Waals surface area contributed by atoms with Gasteiger partial charge in [0.1, 0.15) is 0 Å². The minimum Gasteiger partial charge on any atom is -0.309 e. The largest absolute Gasteiger partial charge is 0.309 e. The van der Waals surface area contributed by atoms with E-state index in [1.54, 1.807) is 0 Å². The Morgan fingerprint density at radius 2 is 1.48 bits per heavy atom. The molecule has 0 saturated heterocycles. The van der Waals surface area contributed by atoms with Crippen molar-refractivity contribution >= 4 is 26.8 Å². The van der Waals surface area contributed by atoms with Crippen LogP contribution in [0, 0.1) is 0 Å². The highest BCUT2D eigenvalue weighted by Gasteiger charge is 2.41. The van der Waals surface area contributed by atoms with E-state index < -0.39 is 0 Å². The molecular weight excluding hydrogens is 370 g/mol. The molecule has 1 heterocycles. The molecule has 1 aliphatic rings. The molecule has 0 aliphatic heterocycles. The molecular formula is C23H18BrN. The lowest BCUT2D eigenvalue weighted by Crippen LogP contribution is -2.15. The number of rotatable bonds is 1. The number of para-hydroxylation sites is 2. The van der Waals surface area contributed by atoms with Crippen molar-refractivity contribution in [1.29, 1.82) is 0 Å². The van der Waals surface area contributed by atoms with Gasteiger partial charge in [-0.15, -0.1) is 0 Å².